The van der Waals surface area contributed by atoms with Gasteiger partial charge in [0.2, 0.25) is 0 Å². The summed E-state index contributed by atoms with van der Waals surface area (Å²) in [5, 5.41) is 0. The Kier molecular flexibility index (Phi) is 5.11. The van der Waals surface area contributed by atoms with Gasteiger partial charge >= 0.3 is 0 Å². The molecule has 0 amide bonds. The molecule has 1 fully saturated rings. The lowest BCUT2D eigenvalue weighted by Crippen LogP contribution is -2.43. The molecular formula is C14H29N. The second kappa shape index (κ2) is 5.89. The number of hydrogen-bond donors (Lipinski definition) is 0. The Hall–Kier alpha value is -0.0400. The summed E-state index contributed by atoms with van der Waals surface area (Å²) in [4.78, 5) is 2.64. The maximum atomic E-state index is 2.64. The van der Waals surface area contributed by atoms with E-state index in [9.17, 15) is 0 Å². The fourth-order valence-corrected chi connectivity index (χ4v) is 3.20. The molecule has 15 heavy (non-hydrogen) atoms. The minimum Gasteiger partial charge on any atom is -0.301 e. The summed E-state index contributed by atoms with van der Waals surface area (Å²) in [6.45, 7) is 12.0. The fourth-order valence-electron chi connectivity index (χ4n) is 3.20. The largest absolute Gasteiger partial charge is 0.301 e. The summed E-state index contributed by atoms with van der Waals surface area (Å²) < 4.78 is 0. The summed E-state index contributed by atoms with van der Waals surface area (Å²) in [7, 11) is 0. The Morgan fingerprint density at radius 1 is 1.00 bits per heavy atom. The van der Waals surface area contributed by atoms with Crippen LogP contribution in [0.25, 0.3) is 0 Å². The van der Waals surface area contributed by atoms with E-state index in [4.69, 9.17) is 0 Å². The van der Waals surface area contributed by atoms with E-state index in [1.807, 2.05) is 0 Å². The van der Waals surface area contributed by atoms with Crippen molar-refractivity contribution < 1.29 is 0 Å². The van der Waals surface area contributed by atoms with Crippen LogP contribution in [0.3, 0.4) is 0 Å². The van der Waals surface area contributed by atoms with Crippen molar-refractivity contribution >= 4 is 0 Å². The first kappa shape index (κ1) is 13.0. The third-order valence-corrected chi connectivity index (χ3v) is 4.15. The zero-order chi connectivity index (χ0) is 11.3. The number of hydrogen-bond acceptors (Lipinski definition) is 1. The molecule has 1 aliphatic rings. The highest BCUT2D eigenvalue weighted by Crippen LogP contribution is 2.40. The Bertz CT molecular complexity index is 158. The molecule has 0 aliphatic carbocycles. The van der Waals surface area contributed by atoms with Crippen LogP contribution in [0, 0.1) is 5.41 Å². The van der Waals surface area contributed by atoms with Crippen LogP contribution in [-0.4, -0.2) is 24.0 Å². The van der Waals surface area contributed by atoms with Gasteiger partial charge in [-0.15, -0.1) is 0 Å². The van der Waals surface area contributed by atoms with E-state index in [0.29, 0.717) is 5.41 Å². The molecule has 1 heterocycles. The van der Waals surface area contributed by atoms with Gasteiger partial charge in [0.1, 0.15) is 0 Å². The van der Waals surface area contributed by atoms with Crippen molar-refractivity contribution in [3.63, 3.8) is 0 Å². The molecular weight excluding hydrogens is 182 g/mol. The molecule has 0 aromatic carbocycles. The van der Waals surface area contributed by atoms with Gasteiger partial charge in [-0.3, -0.25) is 0 Å². The summed E-state index contributed by atoms with van der Waals surface area (Å²) >= 11 is 0. The van der Waals surface area contributed by atoms with Crippen LogP contribution in [0.2, 0.25) is 0 Å². The average molecular weight is 211 g/mol. The van der Waals surface area contributed by atoms with Crippen molar-refractivity contribution in [2.45, 2.75) is 72.3 Å². The average Bonchev–Trinajstić information content (AvgIpc) is 2.19. The molecule has 0 atom stereocenters. The minimum atomic E-state index is 0.703. The third kappa shape index (κ3) is 3.48. The van der Waals surface area contributed by atoms with Crippen molar-refractivity contribution in [1.29, 1.82) is 0 Å². The zero-order valence-corrected chi connectivity index (χ0v) is 11.2. The van der Waals surface area contributed by atoms with Crippen molar-refractivity contribution in [2.24, 2.45) is 5.41 Å². The number of rotatable bonds is 5. The van der Waals surface area contributed by atoms with E-state index in [1.165, 1.54) is 51.6 Å². The molecule has 0 bridgehead atoms. The molecule has 0 aromatic rings. The minimum absolute atomic E-state index is 0.703. The first-order valence-corrected chi connectivity index (χ1v) is 6.87. The van der Waals surface area contributed by atoms with E-state index in [2.05, 4.69) is 32.6 Å². The molecule has 0 aromatic heterocycles. The van der Waals surface area contributed by atoms with Gasteiger partial charge in [0.25, 0.3) is 0 Å². The molecule has 90 valence electrons. The van der Waals surface area contributed by atoms with Gasteiger partial charge in [-0.1, -0.05) is 26.7 Å². The van der Waals surface area contributed by atoms with Crippen LogP contribution >= 0.6 is 0 Å². The Balaban J connectivity index is 2.49. The predicted octanol–water partition coefficient (Wildman–Crippen LogP) is 4.08. The molecule has 1 nitrogen and oxygen atoms in total. The maximum absolute atomic E-state index is 2.64. The lowest BCUT2D eigenvalue weighted by molar-refractivity contribution is 0.0676. The molecule has 0 saturated carbocycles. The lowest BCUT2D eigenvalue weighted by Gasteiger charge is -2.43. The summed E-state index contributed by atoms with van der Waals surface area (Å²) in [5.74, 6) is 0. The number of nitrogens with zero attached hydrogens (tertiary/aromatic N) is 1. The molecule has 0 unspecified atom stereocenters. The highest BCUT2D eigenvalue weighted by atomic mass is 15.2. The SMILES string of the molecule is CCCC1(CCC)CCN(C(C)C)CC1. The second-order valence-electron chi connectivity index (χ2n) is 5.63. The van der Waals surface area contributed by atoms with E-state index in [0.717, 1.165) is 6.04 Å². The topological polar surface area (TPSA) is 3.24 Å². The van der Waals surface area contributed by atoms with E-state index < -0.39 is 0 Å². The van der Waals surface area contributed by atoms with Crippen molar-refractivity contribution in [3.05, 3.63) is 0 Å². The van der Waals surface area contributed by atoms with Crippen LogP contribution in [0.1, 0.15) is 66.2 Å². The number of piperidine rings is 1. The van der Waals surface area contributed by atoms with Crippen molar-refractivity contribution in [3.8, 4) is 0 Å². The molecule has 1 rings (SSSR count). The van der Waals surface area contributed by atoms with E-state index >= 15 is 0 Å². The highest BCUT2D eigenvalue weighted by Gasteiger charge is 2.33. The van der Waals surface area contributed by atoms with Crippen LogP contribution in [0.4, 0.5) is 0 Å². The number of likely N-dealkylation sites (tertiary alicyclic amines) is 1. The zero-order valence-electron chi connectivity index (χ0n) is 11.2. The van der Waals surface area contributed by atoms with Crippen molar-refractivity contribution in [1.82, 2.24) is 4.90 Å². The van der Waals surface area contributed by atoms with Gasteiger partial charge in [-0.2, -0.15) is 0 Å². The Morgan fingerprint density at radius 3 is 1.80 bits per heavy atom. The maximum Gasteiger partial charge on any atom is 0.00385 e. The molecule has 0 N–H and O–H groups in total. The van der Waals surface area contributed by atoms with Gasteiger partial charge in [-0.05, 0) is 58.0 Å². The van der Waals surface area contributed by atoms with Gasteiger partial charge in [0.05, 0.1) is 0 Å². The quantitative estimate of drug-likeness (QED) is 0.662. The summed E-state index contributed by atoms with van der Waals surface area (Å²) in [5.41, 5.74) is 0.703. The first-order chi connectivity index (χ1) is 7.13. The summed E-state index contributed by atoms with van der Waals surface area (Å²) in [6, 6.07) is 0.742. The predicted molar refractivity (Wildman–Crippen MR) is 68.2 cm³/mol. The van der Waals surface area contributed by atoms with Gasteiger partial charge in [-0.25, -0.2) is 0 Å². The van der Waals surface area contributed by atoms with Gasteiger partial charge in [0.15, 0.2) is 0 Å². The molecule has 0 spiro atoms. The third-order valence-electron chi connectivity index (χ3n) is 4.15. The van der Waals surface area contributed by atoms with Crippen LogP contribution in [0.5, 0.6) is 0 Å². The van der Waals surface area contributed by atoms with E-state index in [-0.39, 0.29) is 0 Å². The standard InChI is InChI=1S/C14H29N/c1-5-7-14(8-6-2)9-11-15(12-10-14)13(3)4/h13H,5-12H2,1-4H3. The molecule has 0 radical (unpaired) electrons. The van der Waals surface area contributed by atoms with Crippen LogP contribution in [0.15, 0.2) is 0 Å². The smallest absolute Gasteiger partial charge is 0.00385 e. The molecule has 1 heteroatoms. The lowest BCUT2D eigenvalue weighted by atomic mass is 9.72. The highest BCUT2D eigenvalue weighted by molar-refractivity contribution is 4.86. The van der Waals surface area contributed by atoms with Crippen LogP contribution in [-0.2, 0) is 0 Å². The summed E-state index contributed by atoms with van der Waals surface area (Å²) in [6.07, 6.45) is 8.50. The van der Waals surface area contributed by atoms with Crippen molar-refractivity contribution in [2.75, 3.05) is 13.1 Å². The van der Waals surface area contributed by atoms with Gasteiger partial charge < -0.3 is 4.90 Å². The van der Waals surface area contributed by atoms with Gasteiger partial charge in [0, 0.05) is 6.04 Å². The van der Waals surface area contributed by atoms with Crippen LogP contribution < -0.4 is 0 Å². The molecule has 1 saturated heterocycles. The Labute approximate surface area is 96.2 Å². The Morgan fingerprint density at radius 2 is 1.47 bits per heavy atom. The normalized spacial score (nSPS) is 22.2. The molecule has 1 aliphatic heterocycles. The fraction of sp³-hybridized carbons (Fsp3) is 1.00. The monoisotopic (exact) mass is 211 g/mol. The first-order valence-electron chi connectivity index (χ1n) is 6.87. The second-order valence-corrected chi connectivity index (χ2v) is 5.63. The van der Waals surface area contributed by atoms with E-state index in [1.54, 1.807) is 0 Å².